The highest BCUT2D eigenvalue weighted by Crippen LogP contribution is 2.13. The topological polar surface area (TPSA) is 81.0 Å². The van der Waals surface area contributed by atoms with Crippen LogP contribution in [0, 0.1) is 11.3 Å². The smallest absolute Gasteiger partial charge is 0.198 e. The SMILES string of the molecule is N#Cc1ccc(/C(N=C(N)N2CCCCC2)=N\N2CCCCC2)cc1. The second-order valence-electron chi connectivity index (χ2n) is 6.64. The second kappa shape index (κ2) is 8.52. The lowest BCUT2D eigenvalue weighted by molar-refractivity contribution is 0.239. The Morgan fingerprint density at radius 3 is 2.12 bits per heavy atom. The first-order valence-electron chi connectivity index (χ1n) is 9.19. The minimum Gasteiger partial charge on any atom is -0.369 e. The van der Waals surface area contributed by atoms with Gasteiger partial charge in [-0.15, -0.1) is 0 Å². The molecule has 0 bridgehead atoms. The molecule has 2 heterocycles. The molecule has 25 heavy (non-hydrogen) atoms. The largest absolute Gasteiger partial charge is 0.369 e. The third-order valence-corrected chi connectivity index (χ3v) is 4.74. The number of rotatable bonds is 2. The van der Waals surface area contributed by atoms with Crippen LogP contribution in [0.5, 0.6) is 0 Å². The number of amidine groups is 1. The lowest BCUT2D eigenvalue weighted by Crippen LogP contribution is -2.41. The molecule has 0 spiro atoms. The summed E-state index contributed by atoms with van der Waals surface area (Å²) in [6.45, 7) is 3.83. The third-order valence-electron chi connectivity index (χ3n) is 4.74. The van der Waals surface area contributed by atoms with Gasteiger partial charge in [-0.2, -0.15) is 15.4 Å². The Kier molecular flexibility index (Phi) is 5.89. The monoisotopic (exact) mass is 338 g/mol. The standard InChI is InChI=1S/C19H26N6/c20-15-16-7-9-17(10-8-16)18(23-25-13-5-2-6-14-25)22-19(21)24-11-3-1-4-12-24/h7-10H,1-6,11-14H2,(H2,21,22,23). The molecule has 2 saturated heterocycles. The van der Waals surface area contributed by atoms with E-state index >= 15 is 0 Å². The van der Waals surface area contributed by atoms with E-state index in [1.807, 2.05) is 12.1 Å². The fraction of sp³-hybridized carbons (Fsp3) is 0.526. The number of nitriles is 1. The molecule has 0 atom stereocenters. The van der Waals surface area contributed by atoms with Gasteiger partial charge >= 0.3 is 0 Å². The quantitative estimate of drug-likeness (QED) is 0.663. The summed E-state index contributed by atoms with van der Waals surface area (Å²) in [7, 11) is 0. The molecule has 2 aliphatic rings. The van der Waals surface area contributed by atoms with E-state index in [-0.39, 0.29) is 0 Å². The number of hydrogen-bond acceptors (Lipinski definition) is 3. The minimum absolute atomic E-state index is 0.541. The van der Waals surface area contributed by atoms with Crippen LogP contribution in [-0.4, -0.2) is 47.9 Å². The number of aliphatic imine (C=N–C) groups is 1. The van der Waals surface area contributed by atoms with Gasteiger partial charge in [-0.3, -0.25) is 5.01 Å². The molecule has 2 N–H and O–H groups in total. The van der Waals surface area contributed by atoms with Crippen molar-refractivity contribution >= 4 is 11.8 Å². The van der Waals surface area contributed by atoms with Gasteiger partial charge in [0.1, 0.15) is 0 Å². The summed E-state index contributed by atoms with van der Waals surface area (Å²) in [6.07, 6.45) is 7.16. The van der Waals surface area contributed by atoms with Crippen LogP contribution in [0.15, 0.2) is 34.4 Å². The van der Waals surface area contributed by atoms with Crippen LogP contribution in [-0.2, 0) is 0 Å². The van der Waals surface area contributed by atoms with Crippen LogP contribution in [0.1, 0.15) is 49.7 Å². The number of nitrogens with two attached hydrogens (primary N) is 1. The predicted octanol–water partition coefficient (Wildman–Crippen LogP) is 2.51. The van der Waals surface area contributed by atoms with Gasteiger partial charge in [-0.25, -0.2) is 0 Å². The number of likely N-dealkylation sites (tertiary alicyclic amines) is 1. The van der Waals surface area contributed by atoms with E-state index in [1.54, 1.807) is 12.1 Å². The second-order valence-corrected chi connectivity index (χ2v) is 6.64. The predicted molar refractivity (Wildman–Crippen MR) is 100 cm³/mol. The summed E-state index contributed by atoms with van der Waals surface area (Å²) in [5.41, 5.74) is 7.80. The maximum atomic E-state index is 9.00. The van der Waals surface area contributed by atoms with Gasteiger partial charge in [0, 0.05) is 31.7 Å². The summed E-state index contributed by atoms with van der Waals surface area (Å²) in [5.74, 6) is 1.18. The van der Waals surface area contributed by atoms with Gasteiger partial charge in [0.05, 0.1) is 11.6 Å². The molecular formula is C19H26N6. The van der Waals surface area contributed by atoms with Crippen molar-refractivity contribution in [2.24, 2.45) is 15.8 Å². The van der Waals surface area contributed by atoms with Crippen molar-refractivity contribution in [3.63, 3.8) is 0 Å². The Labute approximate surface area is 149 Å². The lowest BCUT2D eigenvalue weighted by Gasteiger charge is -2.28. The lowest BCUT2D eigenvalue weighted by atomic mass is 10.1. The van der Waals surface area contributed by atoms with Gasteiger partial charge in [-0.05, 0) is 62.8 Å². The van der Waals surface area contributed by atoms with E-state index in [4.69, 9.17) is 16.1 Å². The summed E-state index contributed by atoms with van der Waals surface area (Å²) in [5, 5.41) is 15.9. The number of hydrogen-bond donors (Lipinski definition) is 1. The molecule has 2 aliphatic heterocycles. The Morgan fingerprint density at radius 1 is 0.920 bits per heavy atom. The molecular weight excluding hydrogens is 312 g/mol. The zero-order valence-corrected chi connectivity index (χ0v) is 14.7. The Bertz CT molecular complexity index is 658. The first-order chi connectivity index (χ1) is 12.3. The van der Waals surface area contributed by atoms with Crippen LogP contribution in [0.3, 0.4) is 0 Å². The zero-order chi connectivity index (χ0) is 17.5. The van der Waals surface area contributed by atoms with Crippen LogP contribution in [0.25, 0.3) is 0 Å². The van der Waals surface area contributed by atoms with Gasteiger partial charge in [-0.1, -0.05) is 0 Å². The van der Waals surface area contributed by atoms with E-state index < -0.39 is 0 Å². The number of benzene rings is 1. The van der Waals surface area contributed by atoms with E-state index in [0.29, 0.717) is 17.4 Å². The van der Waals surface area contributed by atoms with Crippen molar-refractivity contribution in [3.05, 3.63) is 35.4 Å². The molecule has 1 aromatic rings. The summed E-state index contributed by atoms with van der Waals surface area (Å²) >= 11 is 0. The first kappa shape index (κ1) is 17.3. The fourth-order valence-electron chi connectivity index (χ4n) is 3.25. The van der Waals surface area contributed by atoms with Crippen molar-refractivity contribution < 1.29 is 0 Å². The molecule has 6 heteroatoms. The zero-order valence-electron chi connectivity index (χ0n) is 14.7. The molecule has 0 amide bonds. The third kappa shape index (κ3) is 4.72. The highest BCUT2D eigenvalue weighted by molar-refractivity contribution is 6.05. The number of hydrazone groups is 1. The molecule has 1 aromatic carbocycles. The number of guanidine groups is 1. The molecule has 2 fully saturated rings. The van der Waals surface area contributed by atoms with E-state index in [9.17, 15) is 0 Å². The maximum absolute atomic E-state index is 9.00. The number of piperidine rings is 2. The Balaban J connectivity index is 1.87. The van der Waals surface area contributed by atoms with Crippen LogP contribution in [0.4, 0.5) is 0 Å². The van der Waals surface area contributed by atoms with Gasteiger partial charge in [0.2, 0.25) is 0 Å². The summed E-state index contributed by atoms with van der Waals surface area (Å²) < 4.78 is 0. The molecule has 0 unspecified atom stereocenters. The van der Waals surface area contributed by atoms with E-state index in [1.165, 1.54) is 12.8 Å². The van der Waals surface area contributed by atoms with Gasteiger partial charge in [0.25, 0.3) is 0 Å². The van der Waals surface area contributed by atoms with E-state index in [2.05, 4.69) is 21.0 Å². The Hall–Kier alpha value is -2.55. The highest BCUT2D eigenvalue weighted by Gasteiger charge is 2.15. The van der Waals surface area contributed by atoms with Crippen molar-refractivity contribution in [2.45, 2.75) is 38.5 Å². The normalized spacial score (nSPS) is 19.6. The average Bonchev–Trinajstić information content (AvgIpc) is 2.69. The van der Waals surface area contributed by atoms with E-state index in [0.717, 1.165) is 57.4 Å². The van der Waals surface area contributed by atoms with Crippen molar-refractivity contribution in [2.75, 3.05) is 26.2 Å². The highest BCUT2D eigenvalue weighted by atomic mass is 15.5. The molecule has 0 aromatic heterocycles. The summed E-state index contributed by atoms with van der Waals surface area (Å²) in [6, 6.07) is 9.54. The maximum Gasteiger partial charge on any atom is 0.198 e. The van der Waals surface area contributed by atoms with Crippen molar-refractivity contribution in [3.8, 4) is 6.07 Å². The molecule has 0 aliphatic carbocycles. The molecule has 132 valence electrons. The molecule has 0 radical (unpaired) electrons. The van der Waals surface area contributed by atoms with Crippen LogP contribution >= 0.6 is 0 Å². The van der Waals surface area contributed by atoms with Gasteiger partial charge in [0.15, 0.2) is 11.8 Å². The fourth-order valence-corrected chi connectivity index (χ4v) is 3.25. The minimum atomic E-state index is 0.541. The van der Waals surface area contributed by atoms with Crippen LogP contribution in [0.2, 0.25) is 0 Å². The van der Waals surface area contributed by atoms with Crippen molar-refractivity contribution in [1.82, 2.24) is 9.91 Å². The molecule has 6 nitrogen and oxygen atoms in total. The summed E-state index contributed by atoms with van der Waals surface area (Å²) in [4.78, 5) is 6.80. The van der Waals surface area contributed by atoms with Crippen molar-refractivity contribution in [1.29, 1.82) is 5.26 Å². The molecule has 0 saturated carbocycles. The number of nitrogens with zero attached hydrogens (tertiary/aromatic N) is 5. The molecule has 3 rings (SSSR count). The first-order valence-corrected chi connectivity index (χ1v) is 9.19. The van der Waals surface area contributed by atoms with Crippen LogP contribution < -0.4 is 5.73 Å². The Morgan fingerprint density at radius 2 is 1.52 bits per heavy atom. The average molecular weight is 338 g/mol. The van der Waals surface area contributed by atoms with Gasteiger partial charge < -0.3 is 10.6 Å².